The van der Waals surface area contributed by atoms with Crippen LogP contribution in [-0.4, -0.2) is 16.9 Å². The summed E-state index contributed by atoms with van der Waals surface area (Å²) in [6.07, 6.45) is 2.17. The number of carbonyl (C=O) groups is 2. The molecule has 1 N–H and O–H groups in total. The van der Waals surface area contributed by atoms with E-state index in [9.17, 15) is 14.7 Å². The van der Waals surface area contributed by atoms with Crippen LogP contribution in [0, 0.1) is 37.0 Å². The van der Waals surface area contributed by atoms with Gasteiger partial charge in [0.1, 0.15) is 5.78 Å². The fraction of sp³-hybridized carbons (Fsp3) is 0.556. The summed E-state index contributed by atoms with van der Waals surface area (Å²) >= 11 is 0. The van der Waals surface area contributed by atoms with Crippen molar-refractivity contribution in [3.63, 3.8) is 0 Å². The van der Waals surface area contributed by atoms with Gasteiger partial charge in [-0.05, 0) is 44.6 Å². The van der Waals surface area contributed by atoms with Gasteiger partial charge in [0.25, 0.3) is 0 Å². The fourth-order valence-corrected chi connectivity index (χ4v) is 4.69. The zero-order chi connectivity index (χ0) is 15.4. The van der Waals surface area contributed by atoms with Gasteiger partial charge in [-0.25, -0.2) is 0 Å². The highest BCUT2D eigenvalue weighted by Gasteiger charge is 2.75. The number of carbonyl (C=O) groups excluding carboxylic acids is 1. The standard InChI is InChI=1S/C18H22O3/c1-4-18-14(15(18)17(20)21)9-13(16(18)19)8-12-6-10(2)5-11(3)7-12/h5-7,13-15H,4,8-9H2,1-3H3,(H,20,21). The Morgan fingerprint density at radius 3 is 2.38 bits per heavy atom. The van der Waals surface area contributed by atoms with Crippen LogP contribution >= 0.6 is 0 Å². The molecule has 0 bridgehead atoms. The molecular formula is C18H22O3. The molecule has 0 aliphatic heterocycles. The van der Waals surface area contributed by atoms with E-state index in [2.05, 4.69) is 32.0 Å². The Morgan fingerprint density at radius 1 is 1.29 bits per heavy atom. The lowest BCUT2D eigenvalue weighted by molar-refractivity contribution is -0.142. The molecule has 0 saturated heterocycles. The van der Waals surface area contributed by atoms with E-state index < -0.39 is 17.3 Å². The molecule has 0 amide bonds. The highest BCUT2D eigenvalue weighted by molar-refractivity contribution is 5.99. The van der Waals surface area contributed by atoms with Crippen molar-refractivity contribution in [1.29, 1.82) is 0 Å². The van der Waals surface area contributed by atoms with Crippen LogP contribution in [0.25, 0.3) is 0 Å². The molecule has 3 nitrogen and oxygen atoms in total. The summed E-state index contributed by atoms with van der Waals surface area (Å²) in [5, 5.41) is 9.27. The molecular weight excluding hydrogens is 264 g/mol. The Morgan fingerprint density at radius 2 is 1.90 bits per heavy atom. The Balaban J connectivity index is 1.79. The molecule has 0 aromatic heterocycles. The van der Waals surface area contributed by atoms with E-state index in [1.54, 1.807) is 0 Å². The minimum atomic E-state index is -0.792. The smallest absolute Gasteiger partial charge is 0.307 e. The van der Waals surface area contributed by atoms with Gasteiger partial charge in [-0.2, -0.15) is 0 Å². The second-order valence-electron chi connectivity index (χ2n) is 6.81. The second-order valence-corrected chi connectivity index (χ2v) is 6.81. The Bertz CT molecular complexity index is 599. The second kappa shape index (κ2) is 4.69. The van der Waals surface area contributed by atoms with Crippen LogP contribution in [0.15, 0.2) is 18.2 Å². The van der Waals surface area contributed by atoms with Gasteiger partial charge in [0.15, 0.2) is 0 Å². The van der Waals surface area contributed by atoms with E-state index >= 15 is 0 Å². The Kier molecular flexibility index (Phi) is 3.19. The maximum atomic E-state index is 12.7. The molecule has 0 spiro atoms. The number of rotatable bonds is 4. The molecule has 4 unspecified atom stereocenters. The van der Waals surface area contributed by atoms with Crippen molar-refractivity contribution in [2.75, 3.05) is 0 Å². The van der Waals surface area contributed by atoms with Gasteiger partial charge < -0.3 is 5.11 Å². The molecule has 2 aliphatic carbocycles. The third kappa shape index (κ3) is 2.02. The monoisotopic (exact) mass is 286 g/mol. The average molecular weight is 286 g/mol. The first-order chi connectivity index (χ1) is 9.90. The van der Waals surface area contributed by atoms with Gasteiger partial charge in [-0.15, -0.1) is 0 Å². The van der Waals surface area contributed by atoms with E-state index in [0.717, 1.165) is 12.8 Å². The van der Waals surface area contributed by atoms with Crippen molar-refractivity contribution < 1.29 is 14.7 Å². The summed E-state index contributed by atoms with van der Waals surface area (Å²) in [7, 11) is 0. The molecule has 4 atom stereocenters. The highest BCUT2D eigenvalue weighted by atomic mass is 16.4. The molecule has 21 heavy (non-hydrogen) atoms. The van der Waals surface area contributed by atoms with E-state index in [-0.39, 0.29) is 17.6 Å². The maximum Gasteiger partial charge on any atom is 0.307 e. The fourth-order valence-electron chi connectivity index (χ4n) is 4.69. The van der Waals surface area contributed by atoms with Gasteiger partial charge in [0.05, 0.1) is 5.92 Å². The zero-order valence-electron chi connectivity index (χ0n) is 12.8. The van der Waals surface area contributed by atoms with Crippen LogP contribution in [0.4, 0.5) is 0 Å². The van der Waals surface area contributed by atoms with Gasteiger partial charge in [-0.1, -0.05) is 36.2 Å². The van der Waals surface area contributed by atoms with Gasteiger partial charge >= 0.3 is 5.97 Å². The number of fused-ring (bicyclic) bond motifs is 1. The van der Waals surface area contributed by atoms with Crippen LogP contribution in [0.1, 0.15) is 36.5 Å². The number of hydrogen-bond acceptors (Lipinski definition) is 2. The topological polar surface area (TPSA) is 54.4 Å². The zero-order valence-corrected chi connectivity index (χ0v) is 12.8. The van der Waals surface area contributed by atoms with Crippen molar-refractivity contribution >= 4 is 11.8 Å². The number of aliphatic carboxylic acids is 1. The van der Waals surface area contributed by atoms with Crippen molar-refractivity contribution in [3.05, 3.63) is 34.9 Å². The summed E-state index contributed by atoms with van der Waals surface area (Å²) in [5.41, 5.74) is 3.09. The highest BCUT2D eigenvalue weighted by Crippen LogP contribution is 2.69. The van der Waals surface area contributed by atoms with Crippen LogP contribution in [0.5, 0.6) is 0 Å². The summed E-state index contributed by atoms with van der Waals surface area (Å²) in [6, 6.07) is 6.40. The minimum absolute atomic E-state index is 0.00625. The third-order valence-electron chi connectivity index (χ3n) is 5.49. The van der Waals surface area contributed by atoms with Crippen molar-refractivity contribution in [2.45, 2.75) is 40.0 Å². The minimum Gasteiger partial charge on any atom is -0.481 e. The molecule has 0 heterocycles. The van der Waals surface area contributed by atoms with Crippen LogP contribution in [0.3, 0.4) is 0 Å². The molecule has 1 aromatic carbocycles. The molecule has 0 radical (unpaired) electrons. The first-order valence-electron chi connectivity index (χ1n) is 7.74. The molecule has 1 aromatic rings. The van der Waals surface area contributed by atoms with Gasteiger partial charge in [-0.3, -0.25) is 9.59 Å². The van der Waals surface area contributed by atoms with Crippen LogP contribution in [0.2, 0.25) is 0 Å². The first kappa shape index (κ1) is 14.3. The number of carboxylic acids is 1. The van der Waals surface area contributed by atoms with E-state index in [1.165, 1.54) is 16.7 Å². The van der Waals surface area contributed by atoms with Crippen molar-refractivity contribution in [1.82, 2.24) is 0 Å². The number of ketones is 1. The molecule has 3 rings (SSSR count). The summed E-state index contributed by atoms with van der Waals surface area (Å²) in [6.45, 7) is 6.09. The SMILES string of the molecule is CCC12C(=O)C(Cc3cc(C)cc(C)c3)CC1C2C(=O)O. The van der Waals surface area contributed by atoms with Crippen LogP contribution < -0.4 is 0 Å². The normalized spacial score (nSPS) is 33.9. The lowest BCUT2D eigenvalue weighted by atomic mass is 9.85. The molecule has 3 heteroatoms. The molecule has 2 fully saturated rings. The van der Waals surface area contributed by atoms with Gasteiger partial charge in [0, 0.05) is 11.3 Å². The number of hydrogen-bond donors (Lipinski definition) is 1. The Hall–Kier alpha value is -1.64. The molecule has 112 valence electrons. The lowest BCUT2D eigenvalue weighted by Gasteiger charge is -2.17. The lowest BCUT2D eigenvalue weighted by Crippen LogP contribution is -2.26. The summed E-state index contributed by atoms with van der Waals surface area (Å²) < 4.78 is 0. The Labute approximate surface area is 125 Å². The quantitative estimate of drug-likeness (QED) is 0.925. The van der Waals surface area contributed by atoms with E-state index in [4.69, 9.17) is 0 Å². The van der Waals surface area contributed by atoms with Crippen LogP contribution in [-0.2, 0) is 16.0 Å². The summed E-state index contributed by atoms with van der Waals surface area (Å²) in [4.78, 5) is 24.0. The van der Waals surface area contributed by atoms with E-state index in [1.807, 2.05) is 6.92 Å². The van der Waals surface area contributed by atoms with Crippen molar-refractivity contribution in [2.24, 2.45) is 23.2 Å². The number of Topliss-reactive ketones (excluding diaryl/α,β-unsaturated/α-hetero) is 1. The average Bonchev–Trinajstić information content (AvgIpc) is 2.97. The number of carboxylic acid groups (broad SMARTS) is 1. The number of benzene rings is 1. The molecule has 2 aliphatic rings. The predicted molar refractivity (Wildman–Crippen MR) is 80.1 cm³/mol. The predicted octanol–water partition coefficient (Wildman–Crippen LogP) is 3.16. The number of aryl methyl sites for hydroxylation is 2. The summed E-state index contributed by atoms with van der Waals surface area (Å²) in [5.74, 6) is -0.942. The van der Waals surface area contributed by atoms with E-state index in [0.29, 0.717) is 6.42 Å². The van der Waals surface area contributed by atoms with Crippen molar-refractivity contribution in [3.8, 4) is 0 Å². The molecule has 2 saturated carbocycles. The maximum absolute atomic E-state index is 12.7. The first-order valence-corrected chi connectivity index (χ1v) is 7.74. The third-order valence-corrected chi connectivity index (χ3v) is 5.49. The largest absolute Gasteiger partial charge is 0.481 e. The van der Waals surface area contributed by atoms with Gasteiger partial charge in [0.2, 0.25) is 0 Å².